The molecule has 0 bridgehead atoms. The molecule has 3 aliphatic rings. The molecule has 1 saturated carbocycles. The summed E-state index contributed by atoms with van der Waals surface area (Å²) in [7, 11) is 0. The van der Waals surface area contributed by atoms with Crippen LogP contribution in [0, 0.1) is 5.92 Å². The average molecular weight is 586 g/mol. The number of aromatic nitrogens is 1. The molecule has 2 aromatic carbocycles. The Morgan fingerprint density at radius 3 is 2.49 bits per heavy atom. The van der Waals surface area contributed by atoms with E-state index in [1.54, 1.807) is 23.1 Å². The fourth-order valence-corrected chi connectivity index (χ4v) is 6.47. The number of phenolic OH excluding ortho intramolecular Hbond substituents is 1. The quantitative estimate of drug-likeness (QED) is 0.291. The van der Waals surface area contributed by atoms with Crippen molar-refractivity contribution in [2.45, 2.75) is 51.5 Å². The number of aryl methyl sites for hydroxylation is 1. The highest BCUT2D eigenvalue weighted by Gasteiger charge is 2.51. The van der Waals surface area contributed by atoms with Gasteiger partial charge in [0.1, 0.15) is 18.0 Å². The van der Waals surface area contributed by atoms with Crippen molar-refractivity contribution in [1.82, 2.24) is 24.4 Å². The summed E-state index contributed by atoms with van der Waals surface area (Å²) < 4.78 is 2.04. The van der Waals surface area contributed by atoms with Crippen molar-refractivity contribution in [3.05, 3.63) is 78.0 Å². The molecule has 2 atom stereocenters. The molecule has 1 aliphatic carbocycles. The van der Waals surface area contributed by atoms with Gasteiger partial charge in [-0.2, -0.15) is 0 Å². The molecule has 3 heterocycles. The van der Waals surface area contributed by atoms with Crippen LogP contribution in [0.5, 0.6) is 5.75 Å². The summed E-state index contributed by atoms with van der Waals surface area (Å²) in [5.41, 5.74) is 3.14. The SMILES string of the molecule is C=CCN1CC(=O)N2C(Cc3ccc(O)cc3)C(=O)N(Cc3cccc4c(C(=O)C5CC5)cn(CC)c34)CC2N1C(=O)O. The number of para-hydroxylation sites is 1. The number of hydrazine groups is 1. The van der Waals surface area contributed by atoms with Gasteiger partial charge in [0.15, 0.2) is 5.78 Å². The van der Waals surface area contributed by atoms with Gasteiger partial charge in [0, 0.05) is 49.1 Å². The number of rotatable bonds is 9. The molecule has 0 spiro atoms. The first-order valence-electron chi connectivity index (χ1n) is 14.6. The van der Waals surface area contributed by atoms with Crippen LogP contribution in [0.15, 0.2) is 61.3 Å². The Morgan fingerprint density at radius 2 is 1.84 bits per heavy atom. The predicted octanol–water partition coefficient (Wildman–Crippen LogP) is 3.46. The first kappa shape index (κ1) is 28.5. The molecule has 2 saturated heterocycles. The smallest absolute Gasteiger partial charge is 0.424 e. The molecule has 43 heavy (non-hydrogen) atoms. The van der Waals surface area contributed by atoms with Gasteiger partial charge >= 0.3 is 6.09 Å². The van der Waals surface area contributed by atoms with Gasteiger partial charge in [-0.3, -0.25) is 14.4 Å². The highest BCUT2D eigenvalue weighted by atomic mass is 16.4. The molecule has 2 N–H and O–H groups in total. The van der Waals surface area contributed by atoms with Crippen LogP contribution in [0.1, 0.15) is 41.3 Å². The number of piperazine rings is 1. The Bertz CT molecular complexity index is 1610. The maximum atomic E-state index is 14.2. The normalized spacial score (nSPS) is 20.9. The summed E-state index contributed by atoms with van der Waals surface area (Å²) in [5.74, 6) is -0.337. The highest BCUT2D eigenvalue weighted by molar-refractivity contribution is 6.10. The number of fused-ring (bicyclic) bond motifs is 2. The maximum Gasteiger partial charge on any atom is 0.424 e. The van der Waals surface area contributed by atoms with E-state index in [4.69, 9.17) is 0 Å². The molecule has 224 valence electrons. The molecule has 11 heteroatoms. The highest BCUT2D eigenvalue weighted by Crippen LogP contribution is 2.37. The number of carbonyl (C=O) groups excluding carboxylic acids is 3. The molecule has 3 fully saturated rings. The van der Waals surface area contributed by atoms with E-state index in [-0.39, 0.29) is 61.9 Å². The molecular weight excluding hydrogens is 550 g/mol. The number of phenols is 1. The van der Waals surface area contributed by atoms with Crippen molar-refractivity contribution in [2.75, 3.05) is 19.6 Å². The Balaban J connectivity index is 1.40. The summed E-state index contributed by atoms with van der Waals surface area (Å²) in [6.45, 7) is 6.47. The molecule has 2 unspecified atom stereocenters. The second-order valence-corrected chi connectivity index (χ2v) is 11.4. The first-order valence-corrected chi connectivity index (χ1v) is 14.6. The van der Waals surface area contributed by atoms with Gasteiger partial charge in [-0.1, -0.05) is 36.4 Å². The fourth-order valence-electron chi connectivity index (χ4n) is 6.47. The van der Waals surface area contributed by atoms with Crippen LogP contribution in [-0.4, -0.2) is 90.1 Å². The van der Waals surface area contributed by atoms with Crippen LogP contribution in [0.2, 0.25) is 0 Å². The van der Waals surface area contributed by atoms with Crippen molar-refractivity contribution in [3.8, 4) is 5.75 Å². The topological polar surface area (TPSA) is 127 Å². The van der Waals surface area contributed by atoms with E-state index in [1.807, 2.05) is 35.9 Å². The average Bonchev–Trinajstić information content (AvgIpc) is 3.76. The Hall–Kier alpha value is -4.64. The number of ketones is 1. The zero-order valence-electron chi connectivity index (χ0n) is 24.1. The van der Waals surface area contributed by atoms with Gasteiger partial charge in [-0.15, -0.1) is 6.58 Å². The molecule has 1 aromatic heterocycles. The number of nitrogens with zero attached hydrogens (tertiary/aromatic N) is 5. The predicted molar refractivity (Wildman–Crippen MR) is 158 cm³/mol. The lowest BCUT2D eigenvalue weighted by Crippen LogP contribution is -2.75. The molecule has 0 radical (unpaired) electrons. The van der Waals surface area contributed by atoms with Crippen molar-refractivity contribution < 1.29 is 29.4 Å². The van der Waals surface area contributed by atoms with E-state index >= 15 is 0 Å². The molecule has 11 nitrogen and oxygen atoms in total. The molecular formula is C32H35N5O6. The lowest BCUT2D eigenvalue weighted by molar-refractivity contribution is -0.192. The standard InChI is InChI=1S/C32H35N5O6/c1-3-14-35-19-28(39)36-26(15-20-8-12-23(38)13-9-20)31(41)34(18-27(36)37(35)32(42)43)16-22-6-5-7-24-25(30(40)21-10-11-21)17-33(4-2)29(22)24/h3,5-9,12-13,17,21,26-27,38H,1,4,10-11,14-16,18-19H2,2H3,(H,42,43). The number of benzene rings is 2. The summed E-state index contributed by atoms with van der Waals surface area (Å²) in [4.78, 5) is 56.4. The third-order valence-electron chi connectivity index (χ3n) is 8.63. The third kappa shape index (κ3) is 5.14. The lowest BCUT2D eigenvalue weighted by Gasteiger charge is -2.54. The second kappa shape index (κ2) is 11.2. The lowest BCUT2D eigenvalue weighted by atomic mass is 9.98. The largest absolute Gasteiger partial charge is 0.508 e. The third-order valence-corrected chi connectivity index (χ3v) is 8.63. The second-order valence-electron chi connectivity index (χ2n) is 11.4. The number of hydrogen-bond donors (Lipinski definition) is 2. The summed E-state index contributed by atoms with van der Waals surface area (Å²) >= 11 is 0. The van der Waals surface area contributed by atoms with Gasteiger partial charge in [0.05, 0.1) is 18.6 Å². The zero-order valence-corrected chi connectivity index (χ0v) is 24.1. The van der Waals surface area contributed by atoms with Crippen LogP contribution in [0.25, 0.3) is 10.9 Å². The van der Waals surface area contributed by atoms with Crippen molar-refractivity contribution in [2.24, 2.45) is 5.92 Å². The van der Waals surface area contributed by atoms with Gasteiger partial charge in [0.25, 0.3) is 0 Å². The van der Waals surface area contributed by atoms with Crippen LogP contribution in [-0.2, 0) is 29.1 Å². The molecule has 6 rings (SSSR count). The van der Waals surface area contributed by atoms with E-state index in [0.717, 1.165) is 39.9 Å². The monoisotopic (exact) mass is 585 g/mol. The summed E-state index contributed by atoms with van der Waals surface area (Å²) in [5, 5.41) is 23.5. The van der Waals surface area contributed by atoms with Crippen molar-refractivity contribution in [1.29, 1.82) is 0 Å². The number of Topliss-reactive ketones (excluding diaryl/α,β-unsaturated/α-hetero) is 1. The van der Waals surface area contributed by atoms with Gasteiger partial charge in [0.2, 0.25) is 11.8 Å². The van der Waals surface area contributed by atoms with Crippen molar-refractivity contribution >= 4 is 34.6 Å². The number of carbonyl (C=O) groups is 4. The minimum absolute atomic E-state index is 0.0202. The number of carboxylic acid groups (broad SMARTS) is 1. The van der Waals surface area contributed by atoms with E-state index < -0.39 is 18.3 Å². The number of aromatic hydroxyl groups is 1. The van der Waals surface area contributed by atoms with Gasteiger partial charge in [-0.05, 0) is 43.0 Å². The van der Waals surface area contributed by atoms with E-state index in [0.29, 0.717) is 12.1 Å². The minimum Gasteiger partial charge on any atom is -0.508 e. The number of amides is 3. The Morgan fingerprint density at radius 1 is 1.09 bits per heavy atom. The Labute approximate surface area is 249 Å². The van der Waals surface area contributed by atoms with E-state index in [1.165, 1.54) is 22.0 Å². The Kier molecular flexibility index (Phi) is 7.43. The van der Waals surface area contributed by atoms with Crippen LogP contribution in [0.4, 0.5) is 4.79 Å². The van der Waals surface area contributed by atoms with Crippen molar-refractivity contribution in [3.63, 3.8) is 0 Å². The molecule has 2 aliphatic heterocycles. The maximum absolute atomic E-state index is 14.2. The first-order chi connectivity index (χ1) is 20.7. The fraction of sp³-hybridized carbons (Fsp3) is 0.375. The van der Waals surface area contributed by atoms with Crippen LogP contribution in [0.3, 0.4) is 0 Å². The number of hydrogen-bond acceptors (Lipinski definition) is 6. The van der Waals surface area contributed by atoms with Crippen LogP contribution < -0.4 is 0 Å². The van der Waals surface area contributed by atoms with Gasteiger partial charge < -0.3 is 24.6 Å². The van der Waals surface area contributed by atoms with Gasteiger partial charge in [-0.25, -0.2) is 14.8 Å². The van der Waals surface area contributed by atoms with E-state index in [2.05, 4.69) is 6.58 Å². The zero-order chi connectivity index (χ0) is 30.4. The van der Waals surface area contributed by atoms with Crippen LogP contribution >= 0.6 is 0 Å². The van der Waals surface area contributed by atoms with E-state index in [9.17, 15) is 29.4 Å². The minimum atomic E-state index is -1.23. The molecule has 3 aromatic rings. The summed E-state index contributed by atoms with van der Waals surface area (Å²) in [6.07, 6.45) is 3.24. The molecule has 3 amide bonds. The summed E-state index contributed by atoms with van der Waals surface area (Å²) in [6, 6.07) is 11.2.